The van der Waals surface area contributed by atoms with Crippen LogP contribution in [0.15, 0.2) is 35.4 Å². The van der Waals surface area contributed by atoms with Crippen LogP contribution in [-0.4, -0.2) is 35.4 Å². The van der Waals surface area contributed by atoms with Crippen molar-refractivity contribution in [3.63, 3.8) is 0 Å². The third-order valence-electron chi connectivity index (χ3n) is 6.21. The van der Waals surface area contributed by atoms with Crippen LogP contribution in [-0.2, 0) is 25.4 Å². The quantitative estimate of drug-likeness (QED) is 0.483. The predicted octanol–water partition coefficient (Wildman–Crippen LogP) is 3.58. The molecule has 9 nitrogen and oxygen atoms in total. The van der Waals surface area contributed by atoms with Gasteiger partial charge >= 0.3 is 0 Å². The molecule has 0 atom stereocenters. The molecule has 1 aliphatic rings. The van der Waals surface area contributed by atoms with Gasteiger partial charge in [-0.3, -0.25) is 4.79 Å². The molecule has 3 aromatic heterocycles. The molecule has 9 heteroatoms. The van der Waals surface area contributed by atoms with E-state index in [0.29, 0.717) is 22.8 Å². The fraction of sp³-hybridized carbons (Fsp3) is 0.440. The van der Waals surface area contributed by atoms with Crippen LogP contribution in [0.1, 0.15) is 57.6 Å². The molecule has 4 aromatic rings. The first kappa shape index (κ1) is 22.3. The first-order chi connectivity index (χ1) is 16.1. The lowest BCUT2D eigenvalue weighted by atomic mass is 9.96. The average molecular weight is 461 g/mol. The minimum absolute atomic E-state index is 0.0764. The molecule has 0 spiro atoms. The number of fused-ring (bicyclic) bond motifs is 2. The highest BCUT2D eigenvalue weighted by Gasteiger charge is 2.25. The maximum Gasteiger partial charge on any atom is 0.278 e. The summed E-state index contributed by atoms with van der Waals surface area (Å²) < 4.78 is 5.53. The molecule has 0 bridgehead atoms. The van der Waals surface area contributed by atoms with Gasteiger partial charge in [0, 0.05) is 43.1 Å². The zero-order chi connectivity index (χ0) is 24.2. The van der Waals surface area contributed by atoms with E-state index < -0.39 is 0 Å². The Bertz CT molecular complexity index is 1430. The van der Waals surface area contributed by atoms with Gasteiger partial charge in [0.1, 0.15) is 11.2 Å². The summed E-state index contributed by atoms with van der Waals surface area (Å²) in [5.74, 6) is 2.05. The van der Waals surface area contributed by atoms with Gasteiger partial charge in [0.15, 0.2) is 11.5 Å². The maximum atomic E-state index is 13.3. The summed E-state index contributed by atoms with van der Waals surface area (Å²) >= 11 is 0. The van der Waals surface area contributed by atoms with Crippen LogP contribution in [0.5, 0.6) is 0 Å². The first-order valence-corrected chi connectivity index (χ1v) is 11.8. The third-order valence-corrected chi connectivity index (χ3v) is 6.21. The van der Waals surface area contributed by atoms with Gasteiger partial charge in [0.05, 0.1) is 0 Å². The minimum atomic E-state index is -0.136. The van der Waals surface area contributed by atoms with Crippen molar-refractivity contribution in [2.45, 2.75) is 59.0 Å². The van der Waals surface area contributed by atoms with E-state index in [2.05, 4.69) is 48.5 Å². The Hall–Kier alpha value is -3.46. The van der Waals surface area contributed by atoms with Crippen LogP contribution >= 0.6 is 0 Å². The number of aromatic nitrogens is 6. The standard InChI is InChI=1S/C25H32N8O/c1-15(2)32-22(34)19-13-27-24(28-18-8-7-17-12-26-10-9-16(17)11-18)30-21(19)33(32)20-14-31(6)23(29-20)25(3,4)5/h7-8,11,13-15,26H,9-10,12H2,1-6H3,(H,27,28,30). The van der Waals surface area contributed by atoms with E-state index in [-0.39, 0.29) is 17.0 Å². The fourth-order valence-electron chi connectivity index (χ4n) is 4.68. The number of benzene rings is 1. The normalized spacial score (nSPS) is 14.1. The number of hydrogen-bond acceptors (Lipinski definition) is 6. The molecule has 0 fully saturated rings. The molecule has 4 heterocycles. The monoisotopic (exact) mass is 460 g/mol. The van der Waals surface area contributed by atoms with Crippen molar-refractivity contribution >= 4 is 22.7 Å². The van der Waals surface area contributed by atoms with Crippen LogP contribution in [0.25, 0.3) is 16.9 Å². The smallest absolute Gasteiger partial charge is 0.278 e. The summed E-state index contributed by atoms with van der Waals surface area (Å²) in [5, 5.41) is 7.20. The molecule has 2 N–H and O–H groups in total. The lowest BCUT2D eigenvalue weighted by Gasteiger charge is -2.18. The van der Waals surface area contributed by atoms with Crippen molar-refractivity contribution in [2.24, 2.45) is 7.05 Å². The van der Waals surface area contributed by atoms with Crippen molar-refractivity contribution in [3.8, 4) is 5.82 Å². The predicted molar refractivity (Wildman–Crippen MR) is 134 cm³/mol. The molecule has 5 rings (SSSR count). The summed E-state index contributed by atoms with van der Waals surface area (Å²) in [5.41, 5.74) is 3.86. The molecule has 0 amide bonds. The van der Waals surface area contributed by atoms with E-state index in [1.54, 1.807) is 10.9 Å². The van der Waals surface area contributed by atoms with Crippen LogP contribution in [0.2, 0.25) is 0 Å². The van der Waals surface area contributed by atoms with Crippen molar-refractivity contribution < 1.29 is 0 Å². The highest BCUT2D eigenvalue weighted by Crippen LogP contribution is 2.26. The number of hydrogen-bond donors (Lipinski definition) is 2. The summed E-state index contributed by atoms with van der Waals surface area (Å²) in [7, 11) is 1.98. The average Bonchev–Trinajstić information content (AvgIpc) is 3.31. The van der Waals surface area contributed by atoms with Gasteiger partial charge in [-0.15, -0.1) is 0 Å². The number of nitrogens with zero attached hydrogens (tertiary/aromatic N) is 6. The zero-order valence-corrected chi connectivity index (χ0v) is 20.7. The maximum absolute atomic E-state index is 13.3. The molecule has 0 saturated heterocycles. The third kappa shape index (κ3) is 3.79. The van der Waals surface area contributed by atoms with Crippen molar-refractivity contribution in [1.82, 2.24) is 34.2 Å². The van der Waals surface area contributed by atoms with Gasteiger partial charge in [-0.05, 0) is 50.1 Å². The minimum Gasteiger partial charge on any atom is -0.335 e. The van der Waals surface area contributed by atoms with Crippen molar-refractivity contribution in [3.05, 3.63) is 57.9 Å². The second kappa shape index (κ2) is 8.09. The molecule has 178 valence electrons. The van der Waals surface area contributed by atoms with E-state index in [0.717, 1.165) is 31.0 Å². The number of aryl methyl sites for hydroxylation is 1. The van der Waals surface area contributed by atoms with Gasteiger partial charge in [0.25, 0.3) is 5.56 Å². The van der Waals surface area contributed by atoms with E-state index in [4.69, 9.17) is 9.97 Å². The number of imidazole rings is 1. The van der Waals surface area contributed by atoms with Gasteiger partial charge in [-0.1, -0.05) is 26.8 Å². The molecular weight excluding hydrogens is 428 g/mol. The van der Waals surface area contributed by atoms with Gasteiger partial charge in [0.2, 0.25) is 5.95 Å². The number of nitrogens with one attached hydrogen (secondary N) is 2. The molecule has 34 heavy (non-hydrogen) atoms. The second-order valence-electron chi connectivity index (χ2n) is 10.3. The lowest BCUT2D eigenvalue weighted by molar-refractivity contribution is 0.470. The topological polar surface area (TPSA) is 94.6 Å². The molecule has 0 radical (unpaired) electrons. The summed E-state index contributed by atoms with van der Waals surface area (Å²) in [6, 6.07) is 6.26. The summed E-state index contributed by atoms with van der Waals surface area (Å²) in [4.78, 5) is 27.4. The molecule has 1 aromatic carbocycles. The Morgan fingerprint density at radius 2 is 1.94 bits per heavy atom. The summed E-state index contributed by atoms with van der Waals surface area (Å²) in [6.45, 7) is 12.2. The molecule has 0 aliphatic carbocycles. The summed E-state index contributed by atoms with van der Waals surface area (Å²) in [6.07, 6.45) is 4.56. The SMILES string of the molecule is CC(C)n1c(=O)c2cnc(Nc3ccc4c(c3)CCNC4)nc2n1-c1cn(C)c(C(C)(C)C)n1. The van der Waals surface area contributed by atoms with Gasteiger partial charge in [-0.2, -0.15) is 4.98 Å². The van der Waals surface area contributed by atoms with Crippen LogP contribution in [0, 0.1) is 0 Å². The fourth-order valence-corrected chi connectivity index (χ4v) is 4.68. The zero-order valence-electron chi connectivity index (χ0n) is 20.7. The van der Waals surface area contributed by atoms with E-state index in [9.17, 15) is 4.79 Å². The van der Waals surface area contributed by atoms with Crippen molar-refractivity contribution in [2.75, 3.05) is 11.9 Å². The number of rotatable bonds is 4. The Morgan fingerprint density at radius 1 is 1.15 bits per heavy atom. The molecule has 0 unspecified atom stereocenters. The Kier molecular flexibility index (Phi) is 5.31. The molecular formula is C25H32N8O. The first-order valence-electron chi connectivity index (χ1n) is 11.8. The molecule has 1 aliphatic heterocycles. The van der Waals surface area contributed by atoms with Crippen LogP contribution in [0.4, 0.5) is 11.6 Å². The largest absolute Gasteiger partial charge is 0.335 e. The van der Waals surface area contributed by atoms with Crippen molar-refractivity contribution in [1.29, 1.82) is 0 Å². The van der Waals surface area contributed by atoms with Crippen LogP contribution in [0.3, 0.4) is 0 Å². The number of anilines is 2. The highest BCUT2D eigenvalue weighted by atomic mass is 16.1. The van der Waals surface area contributed by atoms with E-state index in [1.165, 1.54) is 11.1 Å². The Balaban J connectivity index is 1.63. The Labute approximate surface area is 198 Å². The molecule has 0 saturated carbocycles. The van der Waals surface area contributed by atoms with E-state index in [1.807, 2.05) is 42.4 Å². The van der Waals surface area contributed by atoms with E-state index >= 15 is 0 Å². The lowest BCUT2D eigenvalue weighted by Crippen LogP contribution is -2.24. The van der Waals surface area contributed by atoms with Gasteiger partial charge in [-0.25, -0.2) is 19.3 Å². The van der Waals surface area contributed by atoms with Gasteiger partial charge < -0.3 is 15.2 Å². The second-order valence-corrected chi connectivity index (χ2v) is 10.3. The van der Waals surface area contributed by atoms with Crippen LogP contribution < -0.4 is 16.2 Å². The highest BCUT2D eigenvalue weighted by molar-refractivity contribution is 5.77. The Morgan fingerprint density at radius 3 is 2.65 bits per heavy atom.